The van der Waals surface area contributed by atoms with Gasteiger partial charge in [0.1, 0.15) is 5.75 Å². The summed E-state index contributed by atoms with van der Waals surface area (Å²) in [6.07, 6.45) is 0. The molecule has 4 rings (SSSR count). The number of thioether (sulfide) groups is 1. The third kappa shape index (κ3) is 4.85. The number of amides is 1. The van der Waals surface area contributed by atoms with Gasteiger partial charge in [-0.15, -0.1) is 0 Å². The molecule has 0 radical (unpaired) electrons. The Morgan fingerprint density at radius 1 is 1.12 bits per heavy atom. The van der Waals surface area contributed by atoms with Crippen LogP contribution in [-0.2, 0) is 12.3 Å². The zero-order chi connectivity index (χ0) is 23.4. The van der Waals surface area contributed by atoms with E-state index in [4.69, 9.17) is 15.5 Å². The molecule has 0 aliphatic heterocycles. The molecule has 33 heavy (non-hydrogen) atoms. The van der Waals surface area contributed by atoms with Crippen molar-refractivity contribution in [3.63, 3.8) is 0 Å². The summed E-state index contributed by atoms with van der Waals surface area (Å²) in [6.45, 7) is 2.45. The highest BCUT2D eigenvalue weighted by Gasteiger charge is 2.12. The largest absolute Gasteiger partial charge is 0.497 e. The van der Waals surface area contributed by atoms with Crippen LogP contribution in [0.3, 0.4) is 0 Å². The molecule has 0 bridgehead atoms. The van der Waals surface area contributed by atoms with E-state index in [1.165, 1.54) is 11.8 Å². The number of rotatable bonds is 7. The summed E-state index contributed by atoms with van der Waals surface area (Å²) >= 11 is 1.48. The summed E-state index contributed by atoms with van der Waals surface area (Å²) in [6, 6.07) is 19.8. The molecule has 0 unspecified atom stereocenters. The molecule has 0 atom stereocenters. The molecule has 8 heteroatoms. The summed E-state index contributed by atoms with van der Waals surface area (Å²) in [5.74, 6) is 1.04. The Hall–Kier alpha value is -3.78. The Balaban J connectivity index is 1.50. The number of ether oxygens (including phenoxy) is 1. The van der Waals surface area contributed by atoms with Gasteiger partial charge in [-0.1, -0.05) is 36.0 Å². The molecule has 1 heterocycles. The molecule has 1 amide bonds. The number of nitrogens with two attached hydrogens (primary N) is 1. The molecule has 0 aliphatic carbocycles. The highest BCUT2D eigenvalue weighted by molar-refractivity contribution is 7.98. The lowest BCUT2D eigenvalue weighted by molar-refractivity contribution is 0.102. The van der Waals surface area contributed by atoms with E-state index < -0.39 is 0 Å². The lowest BCUT2D eigenvalue weighted by atomic mass is 10.1. The lowest BCUT2D eigenvalue weighted by Crippen LogP contribution is -2.22. The average molecular weight is 461 g/mol. The molecule has 0 saturated carbocycles. The zero-order valence-corrected chi connectivity index (χ0v) is 19.2. The highest BCUT2D eigenvalue weighted by Crippen LogP contribution is 2.24. The minimum absolute atomic E-state index is 0.0696. The topological polar surface area (TPSA) is 99.2 Å². The van der Waals surface area contributed by atoms with E-state index in [1.54, 1.807) is 54.1 Å². The molecule has 0 saturated heterocycles. The Morgan fingerprint density at radius 2 is 1.88 bits per heavy atom. The van der Waals surface area contributed by atoms with Crippen molar-refractivity contribution >= 4 is 39.9 Å². The molecule has 0 fully saturated rings. The predicted molar refractivity (Wildman–Crippen MR) is 133 cm³/mol. The monoisotopic (exact) mass is 460 g/mol. The van der Waals surface area contributed by atoms with Crippen molar-refractivity contribution in [1.82, 2.24) is 9.55 Å². The van der Waals surface area contributed by atoms with Crippen molar-refractivity contribution in [2.45, 2.75) is 24.4 Å². The average Bonchev–Trinajstić information content (AvgIpc) is 2.84. The Labute approximate surface area is 195 Å². The van der Waals surface area contributed by atoms with Crippen molar-refractivity contribution in [3.05, 3.63) is 88.2 Å². The SMILES string of the molecule is CCn1c(SCc2ccc(C(=O)Nc3ccccc3N)cc2)nc2cc(OC)ccc2c1=O. The van der Waals surface area contributed by atoms with Crippen LogP contribution < -0.4 is 21.3 Å². The van der Waals surface area contributed by atoms with Gasteiger partial charge in [0.05, 0.1) is 29.4 Å². The second kappa shape index (κ2) is 9.79. The van der Waals surface area contributed by atoms with Crippen LogP contribution in [0.4, 0.5) is 11.4 Å². The van der Waals surface area contributed by atoms with Crippen molar-refractivity contribution in [2.75, 3.05) is 18.2 Å². The highest BCUT2D eigenvalue weighted by atomic mass is 32.2. The summed E-state index contributed by atoms with van der Waals surface area (Å²) in [4.78, 5) is 30.1. The summed E-state index contributed by atoms with van der Waals surface area (Å²) in [7, 11) is 1.59. The van der Waals surface area contributed by atoms with Crippen LogP contribution in [0.15, 0.2) is 76.7 Å². The van der Waals surface area contributed by atoms with Gasteiger partial charge in [0.25, 0.3) is 11.5 Å². The molecule has 3 N–H and O–H groups in total. The van der Waals surface area contributed by atoms with E-state index in [2.05, 4.69) is 5.32 Å². The molecular formula is C25H24N4O3S. The maximum Gasteiger partial charge on any atom is 0.262 e. The van der Waals surface area contributed by atoms with Crippen LogP contribution >= 0.6 is 11.8 Å². The first kappa shape index (κ1) is 22.4. The minimum atomic E-state index is -0.225. The molecule has 1 aromatic heterocycles. The number of carbonyl (C=O) groups is 1. The molecule has 7 nitrogen and oxygen atoms in total. The number of aromatic nitrogens is 2. The Kier molecular flexibility index (Phi) is 6.65. The van der Waals surface area contributed by atoms with Crippen LogP contribution in [0.5, 0.6) is 5.75 Å². The van der Waals surface area contributed by atoms with Gasteiger partial charge in [0.2, 0.25) is 0 Å². The fourth-order valence-electron chi connectivity index (χ4n) is 3.40. The van der Waals surface area contributed by atoms with Crippen LogP contribution in [-0.4, -0.2) is 22.6 Å². The summed E-state index contributed by atoms with van der Waals surface area (Å²) in [5, 5.41) is 4.03. The second-order valence-electron chi connectivity index (χ2n) is 7.35. The first-order valence-corrected chi connectivity index (χ1v) is 11.4. The van der Waals surface area contributed by atoms with Crippen molar-refractivity contribution in [1.29, 1.82) is 0 Å². The van der Waals surface area contributed by atoms with Gasteiger partial charge < -0.3 is 15.8 Å². The number of carbonyl (C=O) groups excluding carboxylic acids is 1. The predicted octanol–water partition coefficient (Wildman–Crippen LogP) is 4.55. The van der Waals surface area contributed by atoms with E-state index in [-0.39, 0.29) is 11.5 Å². The van der Waals surface area contributed by atoms with E-state index in [9.17, 15) is 9.59 Å². The molecule has 3 aromatic carbocycles. The normalized spacial score (nSPS) is 10.8. The van der Waals surface area contributed by atoms with E-state index >= 15 is 0 Å². The Bertz CT molecular complexity index is 1370. The zero-order valence-electron chi connectivity index (χ0n) is 18.4. The molecule has 0 spiro atoms. The maximum atomic E-state index is 12.9. The number of anilines is 2. The first-order valence-electron chi connectivity index (χ1n) is 10.5. The number of methoxy groups -OCH3 is 1. The summed E-state index contributed by atoms with van der Waals surface area (Å²) < 4.78 is 6.94. The standard InChI is InChI=1S/C25H24N4O3S/c1-3-29-24(31)19-13-12-18(32-2)14-22(19)28-25(29)33-15-16-8-10-17(11-9-16)23(30)27-21-7-5-4-6-20(21)26/h4-14H,3,15,26H2,1-2H3,(H,27,30). The number of hydrogen-bond acceptors (Lipinski definition) is 6. The van der Waals surface area contributed by atoms with Gasteiger partial charge in [-0.2, -0.15) is 0 Å². The fraction of sp³-hybridized carbons (Fsp3) is 0.160. The van der Waals surface area contributed by atoms with E-state index in [0.29, 0.717) is 51.0 Å². The summed E-state index contributed by atoms with van der Waals surface area (Å²) in [5.41, 5.74) is 9.08. The molecule has 0 aliphatic rings. The minimum Gasteiger partial charge on any atom is -0.497 e. The fourth-order valence-corrected chi connectivity index (χ4v) is 4.42. The second-order valence-corrected chi connectivity index (χ2v) is 8.30. The number of fused-ring (bicyclic) bond motifs is 1. The van der Waals surface area contributed by atoms with Gasteiger partial charge in [0.15, 0.2) is 5.16 Å². The third-order valence-corrected chi connectivity index (χ3v) is 6.28. The van der Waals surface area contributed by atoms with Crippen LogP contribution in [0.1, 0.15) is 22.8 Å². The number of para-hydroxylation sites is 2. The maximum absolute atomic E-state index is 12.9. The number of nitrogens with zero attached hydrogens (tertiary/aromatic N) is 2. The Morgan fingerprint density at radius 3 is 2.58 bits per heavy atom. The van der Waals surface area contributed by atoms with Crippen LogP contribution in [0, 0.1) is 0 Å². The van der Waals surface area contributed by atoms with Crippen molar-refractivity contribution < 1.29 is 9.53 Å². The molecule has 168 valence electrons. The van der Waals surface area contributed by atoms with E-state index in [0.717, 1.165) is 5.56 Å². The van der Waals surface area contributed by atoms with Gasteiger partial charge in [0, 0.05) is 23.9 Å². The van der Waals surface area contributed by atoms with Gasteiger partial charge in [-0.3, -0.25) is 14.2 Å². The third-order valence-electron chi connectivity index (χ3n) is 5.24. The van der Waals surface area contributed by atoms with Gasteiger partial charge in [-0.25, -0.2) is 4.98 Å². The van der Waals surface area contributed by atoms with Crippen molar-refractivity contribution in [2.24, 2.45) is 0 Å². The quantitative estimate of drug-likeness (QED) is 0.238. The number of nitrogens with one attached hydrogen (secondary N) is 1. The van der Waals surface area contributed by atoms with Gasteiger partial charge >= 0.3 is 0 Å². The van der Waals surface area contributed by atoms with E-state index in [1.807, 2.05) is 31.2 Å². The van der Waals surface area contributed by atoms with Gasteiger partial charge in [-0.05, 0) is 48.9 Å². The first-order chi connectivity index (χ1) is 16.0. The number of nitrogen functional groups attached to an aromatic ring is 1. The number of benzene rings is 3. The van der Waals surface area contributed by atoms with Crippen LogP contribution in [0.25, 0.3) is 10.9 Å². The van der Waals surface area contributed by atoms with Crippen LogP contribution in [0.2, 0.25) is 0 Å². The van der Waals surface area contributed by atoms with Crippen molar-refractivity contribution in [3.8, 4) is 5.75 Å². The lowest BCUT2D eigenvalue weighted by Gasteiger charge is -2.12. The molecule has 4 aromatic rings. The smallest absolute Gasteiger partial charge is 0.262 e. The number of hydrogen-bond donors (Lipinski definition) is 2. The molecular weight excluding hydrogens is 436 g/mol.